The molecule has 0 radical (unpaired) electrons. The minimum atomic E-state index is -0.274. The zero-order valence-electron chi connectivity index (χ0n) is 12.1. The van der Waals surface area contributed by atoms with Gasteiger partial charge in [-0.2, -0.15) is 0 Å². The molecule has 6 nitrogen and oxygen atoms in total. The van der Waals surface area contributed by atoms with Crippen molar-refractivity contribution >= 4 is 6.03 Å². The van der Waals surface area contributed by atoms with Crippen LogP contribution in [-0.4, -0.2) is 22.2 Å². The molecule has 3 rings (SSSR count). The largest absolute Gasteiger partial charge is 0.467 e. The summed E-state index contributed by atoms with van der Waals surface area (Å²) in [6.07, 6.45) is 4.37. The molecule has 6 heteroatoms. The van der Waals surface area contributed by atoms with Crippen LogP contribution >= 0.6 is 0 Å². The normalized spacial score (nSPS) is 21.7. The molecule has 0 aliphatic heterocycles. The van der Waals surface area contributed by atoms with Gasteiger partial charge in [0.2, 0.25) is 0 Å². The van der Waals surface area contributed by atoms with E-state index in [9.17, 15) is 9.90 Å². The third kappa shape index (κ3) is 3.46. The number of aromatic nitrogens is 1. The van der Waals surface area contributed by atoms with E-state index in [1.54, 1.807) is 24.6 Å². The van der Waals surface area contributed by atoms with Crippen molar-refractivity contribution in [2.75, 3.05) is 0 Å². The monoisotopic (exact) mass is 301 g/mol. The Labute approximate surface area is 128 Å². The Morgan fingerprint density at radius 1 is 1.36 bits per heavy atom. The number of aliphatic hydroxyl groups excluding tert-OH is 1. The summed E-state index contributed by atoms with van der Waals surface area (Å²) in [5.74, 6) is 0.905. The molecule has 116 valence electrons. The molecule has 1 saturated carbocycles. The van der Waals surface area contributed by atoms with E-state index in [0.717, 1.165) is 5.69 Å². The highest BCUT2D eigenvalue weighted by atomic mass is 16.3. The summed E-state index contributed by atoms with van der Waals surface area (Å²) in [5, 5.41) is 15.2. The molecule has 2 aromatic heterocycles. The van der Waals surface area contributed by atoms with Gasteiger partial charge in [0.15, 0.2) is 0 Å². The zero-order valence-corrected chi connectivity index (χ0v) is 12.1. The average molecular weight is 301 g/mol. The molecule has 1 aliphatic carbocycles. The van der Waals surface area contributed by atoms with E-state index in [1.165, 1.54) is 0 Å². The van der Waals surface area contributed by atoms with Crippen molar-refractivity contribution in [3.05, 3.63) is 54.2 Å². The van der Waals surface area contributed by atoms with Gasteiger partial charge in [0, 0.05) is 6.20 Å². The number of pyridine rings is 1. The highest BCUT2D eigenvalue weighted by Gasteiger charge is 2.36. The summed E-state index contributed by atoms with van der Waals surface area (Å²) in [6, 6.07) is 8.75. The van der Waals surface area contributed by atoms with E-state index < -0.39 is 0 Å². The Kier molecular flexibility index (Phi) is 4.39. The van der Waals surface area contributed by atoms with E-state index in [1.807, 2.05) is 18.2 Å². The molecule has 1 unspecified atom stereocenters. The quantitative estimate of drug-likeness (QED) is 0.788. The third-order valence-electron chi connectivity index (χ3n) is 3.92. The number of nitrogens with one attached hydrogen (secondary N) is 2. The van der Waals surface area contributed by atoms with Gasteiger partial charge in [0.1, 0.15) is 5.76 Å². The van der Waals surface area contributed by atoms with Crippen LogP contribution in [0.5, 0.6) is 0 Å². The van der Waals surface area contributed by atoms with Gasteiger partial charge < -0.3 is 20.2 Å². The fourth-order valence-corrected chi connectivity index (χ4v) is 2.67. The van der Waals surface area contributed by atoms with Gasteiger partial charge in [0.25, 0.3) is 0 Å². The van der Waals surface area contributed by atoms with E-state index in [4.69, 9.17) is 4.42 Å². The molecule has 2 amide bonds. The maximum Gasteiger partial charge on any atom is 0.315 e. The molecular formula is C16H19N3O3. The Bertz CT molecular complexity index is 594. The van der Waals surface area contributed by atoms with Gasteiger partial charge in [-0.25, -0.2) is 4.79 Å². The number of carbonyl (C=O) groups excluding carboxylic acids is 1. The Hall–Kier alpha value is -2.34. The Balaban J connectivity index is 1.61. The first-order valence-electron chi connectivity index (χ1n) is 7.38. The van der Waals surface area contributed by atoms with Crippen LogP contribution in [0, 0.1) is 5.92 Å². The van der Waals surface area contributed by atoms with Gasteiger partial charge in [0.05, 0.1) is 30.6 Å². The topological polar surface area (TPSA) is 87.4 Å². The maximum atomic E-state index is 12.1. The van der Waals surface area contributed by atoms with Gasteiger partial charge >= 0.3 is 6.03 Å². The van der Waals surface area contributed by atoms with Gasteiger partial charge in [-0.15, -0.1) is 0 Å². The van der Waals surface area contributed by atoms with Crippen molar-refractivity contribution in [2.24, 2.45) is 5.92 Å². The summed E-state index contributed by atoms with van der Waals surface area (Å²) < 4.78 is 5.18. The van der Waals surface area contributed by atoms with Gasteiger partial charge in [-0.05, 0) is 43.0 Å². The number of hydrogen-bond acceptors (Lipinski definition) is 4. The van der Waals surface area contributed by atoms with Gasteiger partial charge in [-0.3, -0.25) is 4.98 Å². The first kappa shape index (κ1) is 14.6. The second-order valence-corrected chi connectivity index (χ2v) is 5.52. The smallest absolute Gasteiger partial charge is 0.315 e. The Morgan fingerprint density at radius 2 is 2.23 bits per heavy atom. The Morgan fingerprint density at radius 3 is 2.86 bits per heavy atom. The van der Waals surface area contributed by atoms with E-state index in [0.29, 0.717) is 25.1 Å². The number of urea groups is 1. The molecule has 0 saturated heterocycles. The van der Waals surface area contributed by atoms with Crippen LogP contribution in [0.3, 0.4) is 0 Å². The first-order chi connectivity index (χ1) is 10.7. The number of carbonyl (C=O) groups is 1. The van der Waals surface area contributed by atoms with Crippen molar-refractivity contribution < 1.29 is 14.3 Å². The summed E-state index contributed by atoms with van der Waals surface area (Å²) in [5.41, 5.74) is 0.813. The predicted octanol–water partition coefficient (Wildman–Crippen LogP) is 1.99. The zero-order chi connectivity index (χ0) is 15.4. The lowest BCUT2D eigenvalue weighted by molar-refractivity contribution is 0.0252. The fraction of sp³-hybridized carbons (Fsp3) is 0.375. The van der Waals surface area contributed by atoms with Crippen molar-refractivity contribution in [3.63, 3.8) is 0 Å². The molecular weight excluding hydrogens is 282 g/mol. The van der Waals surface area contributed by atoms with Crippen LogP contribution in [0.4, 0.5) is 4.79 Å². The van der Waals surface area contributed by atoms with Crippen molar-refractivity contribution in [1.82, 2.24) is 15.6 Å². The third-order valence-corrected chi connectivity index (χ3v) is 3.92. The lowest BCUT2D eigenvalue weighted by Gasteiger charge is -2.37. The van der Waals surface area contributed by atoms with Crippen LogP contribution in [0.15, 0.2) is 47.2 Å². The number of nitrogens with zero attached hydrogens (tertiary/aromatic N) is 1. The highest BCUT2D eigenvalue weighted by Crippen LogP contribution is 2.37. The summed E-state index contributed by atoms with van der Waals surface area (Å²) in [7, 11) is 0. The number of rotatable bonds is 5. The SMILES string of the molecule is O=C(NCc1ccco1)NC(c1ccccn1)C1CC(O)C1. The van der Waals surface area contributed by atoms with Crippen molar-refractivity contribution in [3.8, 4) is 0 Å². The minimum absolute atomic E-state index is 0.193. The second kappa shape index (κ2) is 6.62. The summed E-state index contributed by atoms with van der Waals surface area (Å²) >= 11 is 0. The maximum absolute atomic E-state index is 12.1. The average Bonchev–Trinajstić information content (AvgIpc) is 3.02. The lowest BCUT2D eigenvalue weighted by Crippen LogP contribution is -2.45. The number of amides is 2. The molecule has 0 bridgehead atoms. The molecule has 1 aliphatic rings. The first-order valence-corrected chi connectivity index (χ1v) is 7.38. The molecule has 1 fully saturated rings. The molecule has 0 spiro atoms. The van der Waals surface area contributed by atoms with Crippen LogP contribution in [-0.2, 0) is 6.54 Å². The number of hydrogen-bond donors (Lipinski definition) is 3. The van der Waals surface area contributed by atoms with Crippen molar-refractivity contribution in [2.45, 2.75) is 31.5 Å². The van der Waals surface area contributed by atoms with Crippen LogP contribution in [0.25, 0.3) is 0 Å². The molecule has 22 heavy (non-hydrogen) atoms. The molecule has 2 heterocycles. The molecule has 0 aromatic carbocycles. The standard InChI is InChI=1S/C16H19N3O3/c20-12-8-11(9-12)15(14-5-1-2-6-17-14)19-16(21)18-10-13-4-3-7-22-13/h1-7,11-12,15,20H,8-10H2,(H2,18,19,21). The summed E-state index contributed by atoms with van der Waals surface area (Å²) in [6.45, 7) is 0.334. The predicted molar refractivity (Wildman–Crippen MR) is 79.8 cm³/mol. The summed E-state index contributed by atoms with van der Waals surface area (Å²) in [4.78, 5) is 16.4. The molecule has 2 aromatic rings. The van der Waals surface area contributed by atoms with Crippen molar-refractivity contribution in [1.29, 1.82) is 0 Å². The molecule has 1 atom stereocenters. The van der Waals surface area contributed by atoms with Crippen LogP contribution < -0.4 is 10.6 Å². The van der Waals surface area contributed by atoms with E-state index in [-0.39, 0.29) is 24.1 Å². The second-order valence-electron chi connectivity index (χ2n) is 5.52. The highest BCUT2D eigenvalue weighted by molar-refractivity contribution is 5.74. The van der Waals surface area contributed by atoms with Crippen LogP contribution in [0.2, 0.25) is 0 Å². The number of furan rings is 1. The van der Waals surface area contributed by atoms with Crippen LogP contribution in [0.1, 0.15) is 30.3 Å². The lowest BCUT2D eigenvalue weighted by atomic mass is 9.76. The van der Waals surface area contributed by atoms with Gasteiger partial charge in [-0.1, -0.05) is 6.07 Å². The van der Waals surface area contributed by atoms with E-state index >= 15 is 0 Å². The van der Waals surface area contributed by atoms with E-state index in [2.05, 4.69) is 15.6 Å². The molecule has 3 N–H and O–H groups in total. The number of aliphatic hydroxyl groups is 1. The fourth-order valence-electron chi connectivity index (χ4n) is 2.67. The minimum Gasteiger partial charge on any atom is -0.467 e.